The molecule has 0 aromatic heterocycles. The van der Waals surface area contributed by atoms with Crippen molar-refractivity contribution in [2.45, 2.75) is 39.0 Å². The van der Waals surface area contributed by atoms with Gasteiger partial charge in [0.2, 0.25) is 0 Å². The minimum atomic E-state index is 0.474. The van der Waals surface area contributed by atoms with E-state index in [-0.39, 0.29) is 0 Å². The molecule has 1 rings (SSSR count). The van der Waals surface area contributed by atoms with E-state index >= 15 is 0 Å². The van der Waals surface area contributed by atoms with E-state index in [9.17, 15) is 0 Å². The van der Waals surface area contributed by atoms with Crippen molar-refractivity contribution in [2.75, 3.05) is 5.88 Å². The molecule has 0 aliphatic heterocycles. The number of halogens is 2. The molecule has 0 saturated heterocycles. The van der Waals surface area contributed by atoms with Crippen molar-refractivity contribution >= 4 is 27.5 Å². The first-order valence-corrected chi connectivity index (χ1v) is 7.36. The van der Waals surface area contributed by atoms with E-state index in [0.29, 0.717) is 11.8 Å². The van der Waals surface area contributed by atoms with Gasteiger partial charge in [0.05, 0.1) is 0 Å². The van der Waals surface area contributed by atoms with Gasteiger partial charge >= 0.3 is 0 Å². The molecule has 0 nitrogen and oxygen atoms in total. The maximum absolute atomic E-state index is 6.11. The van der Waals surface area contributed by atoms with Gasteiger partial charge in [-0.1, -0.05) is 60.8 Å². The molecule has 1 aromatic rings. The molecule has 0 amide bonds. The van der Waals surface area contributed by atoms with Crippen LogP contribution in [0, 0.1) is 5.92 Å². The fourth-order valence-corrected chi connectivity index (χ4v) is 3.00. The Morgan fingerprint density at radius 3 is 2.31 bits per heavy atom. The summed E-state index contributed by atoms with van der Waals surface area (Å²) in [5.74, 6) is 1.97. The van der Waals surface area contributed by atoms with Crippen molar-refractivity contribution in [3.05, 3.63) is 34.3 Å². The van der Waals surface area contributed by atoms with E-state index in [4.69, 9.17) is 11.6 Å². The monoisotopic (exact) mass is 302 g/mol. The predicted molar refractivity (Wildman–Crippen MR) is 76.3 cm³/mol. The quantitative estimate of drug-likeness (QED) is 0.600. The molecule has 2 heteroatoms. The molecule has 0 aliphatic rings. The average Bonchev–Trinajstić information content (AvgIpc) is 2.32. The van der Waals surface area contributed by atoms with Crippen molar-refractivity contribution in [2.24, 2.45) is 5.92 Å². The van der Waals surface area contributed by atoms with E-state index in [1.165, 1.54) is 29.3 Å². The number of alkyl halides is 1. The van der Waals surface area contributed by atoms with Gasteiger partial charge in [0.15, 0.2) is 0 Å². The highest BCUT2D eigenvalue weighted by Crippen LogP contribution is 2.32. The molecule has 16 heavy (non-hydrogen) atoms. The highest BCUT2D eigenvalue weighted by molar-refractivity contribution is 9.10. The van der Waals surface area contributed by atoms with Gasteiger partial charge < -0.3 is 0 Å². The van der Waals surface area contributed by atoms with Crippen LogP contribution in [0.2, 0.25) is 0 Å². The Morgan fingerprint density at radius 2 is 1.81 bits per heavy atom. The Kier molecular flexibility index (Phi) is 6.45. The summed E-state index contributed by atoms with van der Waals surface area (Å²) in [6.45, 7) is 4.53. The standard InChI is InChI=1S/C14H20BrCl/c1-3-11(4-2)9-12(10-16)13-7-5-6-8-14(13)15/h5-8,11-12H,3-4,9-10H2,1-2H3. The zero-order chi connectivity index (χ0) is 12.0. The fraction of sp³-hybridized carbons (Fsp3) is 0.571. The molecule has 1 unspecified atom stereocenters. The lowest BCUT2D eigenvalue weighted by Gasteiger charge is -2.21. The van der Waals surface area contributed by atoms with Crippen LogP contribution < -0.4 is 0 Å². The summed E-state index contributed by atoms with van der Waals surface area (Å²) in [6.07, 6.45) is 3.68. The van der Waals surface area contributed by atoms with E-state index < -0.39 is 0 Å². The van der Waals surface area contributed by atoms with Crippen molar-refractivity contribution in [1.82, 2.24) is 0 Å². The second-order valence-corrected chi connectivity index (χ2v) is 5.45. The molecule has 0 saturated carbocycles. The molecule has 0 N–H and O–H groups in total. The van der Waals surface area contributed by atoms with Crippen LogP contribution in [0.3, 0.4) is 0 Å². The first-order chi connectivity index (χ1) is 7.72. The SMILES string of the molecule is CCC(CC)CC(CCl)c1ccccc1Br. The second-order valence-electron chi connectivity index (χ2n) is 4.29. The van der Waals surface area contributed by atoms with Crippen LogP contribution in [0.5, 0.6) is 0 Å². The Labute approximate surface area is 113 Å². The predicted octanol–water partition coefficient (Wildman–Crippen LogP) is 5.60. The molecular weight excluding hydrogens is 284 g/mol. The summed E-state index contributed by atoms with van der Waals surface area (Å²) in [6, 6.07) is 8.42. The molecule has 0 heterocycles. The lowest BCUT2D eigenvalue weighted by molar-refractivity contribution is 0.423. The molecule has 0 spiro atoms. The molecule has 1 atom stereocenters. The van der Waals surface area contributed by atoms with Crippen LogP contribution >= 0.6 is 27.5 Å². The largest absolute Gasteiger partial charge is 0.126 e. The van der Waals surface area contributed by atoms with Gasteiger partial charge in [0.1, 0.15) is 0 Å². The van der Waals surface area contributed by atoms with Crippen LogP contribution in [-0.4, -0.2) is 5.88 Å². The minimum Gasteiger partial charge on any atom is -0.126 e. The Bertz CT molecular complexity index is 307. The Hall–Kier alpha value is -0.0100. The maximum atomic E-state index is 6.11. The van der Waals surface area contributed by atoms with Crippen molar-refractivity contribution in [1.29, 1.82) is 0 Å². The van der Waals surface area contributed by atoms with Crippen molar-refractivity contribution in [3.8, 4) is 0 Å². The molecule has 0 aliphatic carbocycles. The third kappa shape index (κ3) is 3.78. The smallest absolute Gasteiger partial charge is 0.0292 e. The Morgan fingerprint density at radius 1 is 1.19 bits per heavy atom. The summed E-state index contributed by atoms with van der Waals surface area (Å²) >= 11 is 9.72. The van der Waals surface area contributed by atoms with Gasteiger partial charge in [-0.05, 0) is 29.9 Å². The van der Waals surface area contributed by atoms with Gasteiger partial charge in [-0.25, -0.2) is 0 Å². The van der Waals surface area contributed by atoms with Crippen molar-refractivity contribution in [3.63, 3.8) is 0 Å². The number of hydrogen-bond donors (Lipinski definition) is 0. The summed E-state index contributed by atoms with van der Waals surface area (Å²) in [5, 5.41) is 0. The molecular formula is C14H20BrCl. The van der Waals surface area contributed by atoms with Crippen LogP contribution in [0.15, 0.2) is 28.7 Å². The van der Waals surface area contributed by atoms with Gasteiger partial charge in [0, 0.05) is 10.4 Å². The lowest BCUT2D eigenvalue weighted by Crippen LogP contribution is -2.08. The van der Waals surface area contributed by atoms with Crippen molar-refractivity contribution < 1.29 is 0 Å². The van der Waals surface area contributed by atoms with E-state index in [1.807, 2.05) is 0 Å². The lowest BCUT2D eigenvalue weighted by atomic mass is 9.87. The summed E-state index contributed by atoms with van der Waals surface area (Å²) < 4.78 is 1.19. The van der Waals surface area contributed by atoms with Gasteiger partial charge in [-0.15, -0.1) is 11.6 Å². The van der Waals surface area contributed by atoms with Gasteiger partial charge in [0.25, 0.3) is 0 Å². The average molecular weight is 304 g/mol. The summed E-state index contributed by atoms with van der Waals surface area (Å²) in [4.78, 5) is 0. The zero-order valence-corrected chi connectivity index (χ0v) is 12.4. The van der Waals surface area contributed by atoms with E-state index in [2.05, 4.69) is 54.0 Å². The first kappa shape index (κ1) is 14.1. The molecule has 90 valence electrons. The van der Waals surface area contributed by atoms with Crippen LogP contribution in [0.25, 0.3) is 0 Å². The van der Waals surface area contributed by atoms with E-state index in [1.54, 1.807) is 0 Å². The second kappa shape index (κ2) is 7.34. The first-order valence-electron chi connectivity index (χ1n) is 6.03. The maximum Gasteiger partial charge on any atom is 0.0292 e. The van der Waals surface area contributed by atoms with Crippen LogP contribution in [-0.2, 0) is 0 Å². The van der Waals surface area contributed by atoms with Gasteiger partial charge in [-0.2, -0.15) is 0 Å². The number of hydrogen-bond acceptors (Lipinski definition) is 0. The normalized spacial score (nSPS) is 13.1. The molecule has 1 aromatic carbocycles. The summed E-state index contributed by atoms with van der Waals surface area (Å²) in [7, 11) is 0. The third-order valence-electron chi connectivity index (χ3n) is 3.30. The number of benzene rings is 1. The molecule has 0 bridgehead atoms. The Balaban J connectivity index is 2.78. The molecule has 0 fully saturated rings. The minimum absolute atomic E-state index is 0.474. The topological polar surface area (TPSA) is 0 Å². The highest BCUT2D eigenvalue weighted by Gasteiger charge is 2.17. The summed E-state index contributed by atoms with van der Waals surface area (Å²) in [5.41, 5.74) is 1.35. The van der Waals surface area contributed by atoms with E-state index in [0.717, 1.165) is 5.92 Å². The zero-order valence-electron chi connectivity index (χ0n) is 10.0. The van der Waals surface area contributed by atoms with Crippen LogP contribution in [0.1, 0.15) is 44.6 Å². The highest BCUT2D eigenvalue weighted by atomic mass is 79.9. The third-order valence-corrected chi connectivity index (χ3v) is 4.40. The molecule has 0 radical (unpaired) electrons. The van der Waals surface area contributed by atoms with Crippen LogP contribution in [0.4, 0.5) is 0 Å². The van der Waals surface area contributed by atoms with Gasteiger partial charge in [-0.3, -0.25) is 0 Å². The fourth-order valence-electron chi connectivity index (χ4n) is 2.10. The number of rotatable bonds is 6.